The van der Waals surface area contributed by atoms with E-state index in [4.69, 9.17) is 0 Å². The van der Waals surface area contributed by atoms with Crippen molar-refractivity contribution in [2.45, 2.75) is 24.8 Å². The molecule has 2 fully saturated rings. The van der Waals surface area contributed by atoms with Crippen LogP contribution in [0.5, 0.6) is 0 Å². The number of nitrogens with zero attached hydrogens (tertiary/aromatic N) is 3. The summed E-state index contributed by atoms with van der Waals surface area (Å²) in [4.78, 5) is 15.3. The third kappa shape index (κ3) is 2.70. The van der Waals surface area contributed by atoms with E-state index in [9.17, 15) is 4.79 Å². The first-order chi connectivity index (χ1) is 11.2. The first-order valence-corrected chi connectivity index (χ1v) is 9.20. The molecule has 0 radical (unpaired) electrons. The van der Waals surface area contributed by atoms with Gasteiger partial charge in [0.2, 0.25) is 5.91 Å². The lowest BCUT2D eigenvalue weighted by Crippen LogP contribution is -2.38. The average molecular weight is 330 g/mol. The van der Waals surface area contributed by atoms with Crippen molar-refractivity contribution in [1.82, 2.24) is 20.0 Å². The van der Waals surface area contributed by atoms with E-state index in [-0.39, 0.29) is 17.9 Å². The van der Waals surface area contributed by atoms with Crippen LogP contribution in [-0.2, 0) is 11.8 Å². The van der Waals surface area contributed by atoms with E-state index in [1.165, 1.54) is 11.1 Å². The maximum atomic E-state index is 13.2. The highest BCUT2D eigenvalue weighted by molar-refractivity contribution is 7.07. The zero-order chi connectivity index (χ0) is 15.8. The second-order valence-electron chi connectivity index (χ2n) is 6.56. The normalized spacial score (nSPS) is 27.7. The van der Waals surface area contributed by atoms with Crippen molar-refractivity contribution < 1.29 is 4.79 Å². The lowest BCUT2D eigenvalue weighted by molar-refractivity contribution is -0.136. The van der Waals surface area contributed by atoms with Crippen molar-refractivity contribution in [1.29, 1.82) is 0 Å². The second-order valence-corrected chi connectivity index (χ2v) is 7.34. The summed E-state index contributed by atoms with van der Waals surface area (Å²) in [5, 5.41) is 12.0. The fourth-order valence-electron chi connectivity index (χ4n) is 3.97. The number of hydrogen-bond acceptors (Lipinski definition) is 4. The summed E-state index contributed by atoms with van der Waals surface area (Å²) < 4.78 is 1.82. The number of hydrogen-bond donors (Lipinski definition) is 1. The van der Waals surface area contributed by atoms with E-state index < -0.39 is 0 Å². The minimum absolute atomic E-state index is 0.0263. The molecule has 1 N–H and O–H groups in total. The number of carbonyl (C=O) groups excluding carboxylic acids is 1. The molecule has 2 aliphatic rings. The SMILES string of the molecule is Cn1cc([C@H]2CNC[C@@H]2C(=O)N2CCCC2c2ccsc2)cn1. The minimum atomic E-state index is 0.0263. The van der Waals surface area contributed by atoms with Crippen LogP contribution in [0.1, 0.15) is 35.9 Å². The molecule has 2 aromatic rings. The number of nitrogens with one attached hydrogen (secondary N) is 1. The van der Waals surface area contributed by atoms with Crippen LogP contribution in [0.3, 0.4) is 0 Å². The van der Waals surface area contributed by atoms with Gasteiger partial charge in [-0.05, 0) is 40.8 Å². The smallest absolute Gasteiger partial charge is 0.228 e. The number of thiophene rings is 1. The van der Waals surface area contributed by atoms with Crippen molar-refractivity contribution in [2.75, 3.05) is 19.6 Å². The van der Waals surface area contributed by atoms with E-state index in [1.54, 1.807) is 11.3 Å². The van der Waals surface area contributed by atoms with Crippen LogP contribution in [0.15, 0.2) is 29.2 Å². The highest BCUT2D eigenvalue weighted by atomic mass is 32.1. The molecule has 1 unspecified atom stereocenters. The predicted octanol–water partition coefficient (Wildman–Crippen LogP) is 2.15. The van der Waals surface area contributed by atoms with E-state index in [0.29, 0.717) is 5.91 Å². The van der Waals surface area contributed by atoms with E-state index in [1.807, 2.05) is 24.1 Å². The molecule has 0 bridgehead atoms. The first kappa shape index (κ1) is 14.9. The standard InChI is InChI=1S/C17H22N4OS/c1-20-10-13(7-19-20)14-8-18-9-15(14)17(22)21-5-2-3-16(21)12-4-6-23-11-12/h4,6-7,10-11,14-16,18H,2-3,5,8-9H2,1H3/t14-,15+,16?/m1/s1. The van der Waals surface area contributed by atoms with E-state index in [2.05, 4.69) is 32.1 Å². The van der Waals surface area contributed by atoms with E-state index >= 15 is 0 Å². The zero-order valence-corrected chi connectivity index (χ0v) is 14.1. The fraction of sp³-hybridized carbons (Fsp3) is 0.529. The largest absolute Gasteiger partial charge is 0.335 e. The Hall–Kier alpha value is -1.66. The van der Waals surface area contributed by atoms with Gasteiger partial charge in [-0.3, -0.25) is 9.48 Å². The summed E-state index contributed by atoms with van der Waals surface area (Å²) in [5.74, 6) is 0.566. The van der Waals surface area contributed by atoms with Crippen molar-refractivity contribution in [3.8, 4) is 0 Å². The Bertz CT molecular complexity index is 681. The molecule has 2 aliphatic heterocycles. The third-order valence-corrected chi connectivity index (χ3v) is 5.85. The van der Waals surface area contributed by atoms with Gasteiger partial charge in [0.25, 0.3) is 0 Å². The van der Waals surface area contributed by atoms with Crippen LogP contribution >= 0.6 is 11.3 Å². The molecule has 3 atom stereocenters. The number of rotatable bonds is 3. The van der Waals surface area contributed by atoms with Crippen LogP contribution < -0.4 is 5.32 Å². The molecule has 4 heterocycles. The molecular weight excluding hydrogens is 308 g/mol. The van der Waals surface area contributed by atoms with Crippen molar-refractivity contribution in [3.63, 3.8) is 0 Å². The van der Waals surface area contributed by atoms with Gasteiger partial charge in [0.1, 0.15) is 0 Å². The van der Waals surface area contributed by atoms with Crippen LogP contribution in [0.25, 0.3) is 0 Å². The highest BCUT2D eigenvalue weighted by Gasteiger charge is 2.40. The van der Waals surface area contributed by atoms with Crippen molar-refractivity contribution in [3.05, 3.63) is 40.3 Å². The predicted molar refractivity (Wildman–Crippen MR) is 90.3 cm³/mol. The molecule has 5 nitrogen and oxygen atoms in total. The summed E-state index contributed by atoms with van der Waals surface area (Å²) in [6, 6.07) is 2.43. The fourth-order valence-corrected chi connectivity index (χ4v) is 4.68. The highest BCUT2D eigenvalue weighted by Crippen LogP contribution is 2.37. The van der Waals surface area contributed by atoms with Gasteiger partial charge in [-0.15, -0.1) is 0 Å². The van der Waals surface area contributed by atoms with Gasteiger partial charge < -0.3 is 10.2 Å². The molecule has 122 valence electrons. The van der Waals surface area contributed by atoms with Gasteiger partial charge in [-0.2, -0.15) is 16.4 Å². The van der Waals surface area contributed by atoms with Gasteiger partial charge in [-0.25, -0.2) is 0 Å². The van der Waals surface area contributed by atoms with Crippen LogP contribution in [0.2, 0.25) is 0 Å². The molecular formula is C17H22N4OS. The molecule has 0 saturated carbocycles. The van der Waals surface area contributed by atoms with Gasteiger partial charge >= 0.3 is 0 Å². The molecule has 0 aliphatic carbocycles. The van der Waals surface area contributed by atoms with Gasteiger partial charge in [0.05, 0.1) is 18.2 Å². The maximum absolute atomic E-state index is 13.2. The monoisotopic (exact) mass is 330 g/mol. The van der Waals surface area contributed by atoms with Crippen molar-refractivity contribution >= 4 is 17.2 Å². The lowest BCUT2D eigenvalue weighted by atomic mass is 9.89. The summed E-state index contributed by atoms with van der Waals surface area (Å²) in [5.41, 5.74) is 2.46. The molecule has 4 rings (SSSR count). The van der Waals surface area contributed by atoms with Crippen molar-refractivity contribution in [2.24, 2.45) is 13.0 Å². The summed E-state index contributed by atoms with van der Waals surface area (Å²) >= 11 is 1.71. The Labute approximate surface area is 140 Å². The van der Waals surface area contributed by atoms with E-state index in [0.717, 1.165) is 32.5 Å². The number of likely N-dealkylation sites (tertiary alicyclic amines) is 1. The first-order valence-electron chi connectivity index (χ1n) is 8.26. The second kappa shape index (κ2) is 6.09. The Morgan fingerprint density at radius 2 is 2.30 bits per heavy atom. The Kier molecular flexibility index (Phi) is 3.95. The summed E-state index contributed by atoms with van der Waals surface area (Å²) in [7, 11) is 1.93. The maximum Gasteiger partial charge on any atom is 0.228 e. The molecule has 0 spiro atoms. The van der Waals surface area contributed by atoms with Gasteiger partial charge in [-0.1, -0.05) is 0 Å². The molecule has 6 heteroatoms. The summed E-state index contributed by atoms with van der Waals surface area (Å²) in [6.07, 6.45) is 6.13. The molecule has 2 aromatic heterocycles. The Balaban J connectivity index is 1.55. The van der Waals surface area contributed by atoms with Crippen LogP contribution in [-0.4, -0.2) is 40.2 Å². The number of carbonyl (C=O) groups is 1. The van der Waals surface area contributed by atoms with Gasteiger partial charge in [0, 0.05) is 38.8 Å². The van der Waals surface area contributed by atoms with Gasteiger partial charge in [0.15, 0.2) is 0 Å². The van der Waals surface area contributed by atoms with Crippen LogP contribution in [0, 0.1) is 5.92 Å². The lowest BCUT2D eigenvalue weighted by Gasteiger charge is -2.29. The topological polar surface area (TPSA) is 50.2 Å². The quantitative estimate of drug-likeness (QED) is 0.938. The third-order valence-electron chi connectivity index (χ3n) is 5.15. The Morgan fingerprint density at radius 3 is 3.04 bits per heavy atom. The molecule has 0 aromatic carbocycles. The average Bonchev–Trinajstić information content (AvgIpc) is 3.31. The Morgan fingerprint density at radius 1 is 1.39 bits per heavy atom. The zero-order valence-electron chi connectivity index (χ0n) is 13.3. The molecule has 23 heavy (non-hydrogen) atoms. The number of aromatic nitrogens is 2. The van der Waals surface area contributed by atoms with Crippen LogP contribution in [0.4, 0.5) is 0 Å². The molecule has 2 saturated heterocycles. The number of amides is 1. The summed E-state index contributed by atoms with van der Waals surface area (Å²) in [6.45, 7) is 2.51. The molecule has 1 amide bonds. The minimum Gasteiger partial charge on any atom is -0.335 e. The number of aryl methyl sites for hydroxylation is 1.